The summed E-state index contributed by atoms with van der Waals surface area (Å²) in [4.78, 5) is 12.2. The lowest BCUT2D eigenvalue weighted by atomic mass is 9.13. The van der Waals surface area contributed by atoms with Gasteiger partial charge in [-0.2, -0.15) is 21.9 Å². The summed E-state index contributed by atoms with van der Waals surface area (Å²) in [6, 6.07) is 56.5. The summed E-state index contributed by atoms with van der Waals surface area (Å²) < 4.78 is 6.76. The Labute approximate surface area is 253 Å². The van der Waals surface area contributed by atoms with Crippen LogP contribution in [0.1, 0.15) is 0 Å². The molecule has 7 aromatic rings. The molecule has 1 aromatic heterocycles. The van der Waals surface area contributed by atoms with Crippen molar-refractivity contribution in [3.63, 3.8) is 0 Å². The molecule has 198 valence electrons. The van der Waals surface area contributed by atoms with Gasteiger partial charge in [0.2, 0.25) is 5.43 Å². The Balaban J connectivity index is 0.000000162. The van der Waals surface area contributed by atoms with E-state index >= 15 is 0 Å². The molecule has 6 aromatic carbocycles. The minimum Gasteiger partial charge on any atom is -0.456 e. The fraction of sp³-hybridized carbons (Fsp3) is 0. The Morgan fingerprint density at radius 2 is 0.829 bits per heavy atom. The lowest BCUT2D eigenvalue weighted by Gasteiger charge is -2.44. The van der Waals surface area contributed by atoms with Crippen molar-refractivity contribution in [3.8, 4) is 0 Å². The SMILES string of the molecule is O=c1c2ccccc2oc2ccc([IH+])cc12.c1ccc([B-](c2ccccc2)(c2ccccc2)c2ccccc2)cc1. The fourth-order valence-corrected chi connectivity index (χ4v) is 6.43. The summed E-state index contributed by atoms with van der Waals surface area (Å²) in [5.74, 6) is 0. The van der Waals surface area contributed by atoms with Crippen LogP contribution in [0.25, 0.3) is 21.9 Å². The first-order chi connectivity index (χ1) is 20.2. The number of benzene rings is 6. The Morgan fingerprint density at radius 3 is 1.29 bits per heavy atom. The standard InChI is InChI=1S/C24H20B.C13H8IO2/c1-5-13-21(14-6-1)25(22-15-7-2-8-16-22,23-17-9-3-10-18-23)24-19-11-4-12-20-24;14-8-5-6-12-10(7-8)13(15)9-3-1-2-4-11(9)16-12/h1-20H;1-7,14H/q-1;+1. The molecule has 0 radical (unpaired) electrons. The normalized spacial score (nSPS) is 11.1. The van der Waals surface area contributed by atoms with E-state index in [0.717, 1.165) is 3.57 Å². The molecular weight excluding hydrogens is 614 g/mol. The lowest BCUT2D eigenvalue weighted by molar-refractivity contribution is -0.328. The van der Waals surface area contributed by atoms with E-state index in [2.05, 4.69) is 121 Å². The van der Waals surface area contributed by atoms with Gasteiger partial charge in [0.05, 0.1) is 10.8 Å². The molecule has 0 unspecified atom stereocenters. The van der Waals surface area contributed by atoms with Crippen molar-refractivity contribution in [2.45, 2.75) is 0 Å². The summed E-state index contributed by atoms with van der Waals surface area (Å²) in [6.07, 6.45) is -1.22. The molecule has 0 fully saturated rings. The number of para-hydroxylation sites is 1. The maximum absolute atomic E-state index is 12.2. The Hall–Kier alpha value is -4.42. The van der Waals surface area contributed by atoms with Gasteiger partial charge >= 0.3 is 0 Å². The maximum atomic E-state index is 12.2. The van der Waals surface area contributed by atoms with Crippen LogP contribution >= 0.6 is 0 Å². The molecule has 0 bridgehead atoms. The van der Waals surface area contributed by atoms with Gasteiger partial charge < -0.3 is 4.42 Å². The van der Waals surface area contributed by atoms with Crippen molar-refractivity contribution in [1.29, 1.82) is 0 Å². The Bertz CT molecular complexity index is 1790. The summed E-state index contributed by atoms with van der Waals surface area (Å²) in [5.41, 5.74) is 6.69. The average molecular weight is 642 g/mol. The number of halogens is 1. The summed E-state index contributed by atoms with van der Waals surface area (Å²) in [7, 11) is 0. The molecule has 0 saturated carbocycles. The molecule has 0 aliphatic carbocycles. The zero-order valence-corrected chi connectivity index (χ0v) is 24.7. The van der Waals surface area contributed by atoms with Gasteiger partial charge in [-0.3, -0.25) is 4.79 Å². The molecule has 0 aliphatic rings. The van der Waals surface area contributed by atoms with Gasteiger partial charge in [0.1, 0.15) is 17.3 Å². The first-order valence-corrected chi connectivity index (χ1v) is 14.8. The highest BCUT2D eigenvalue weighted by molar-refractivity contribution is 7.19. The summed E-state index contributed by atoms with van der Waals surface area (Å²) in [6.45, 7) is 0. The highest BCUT2D eigenvalue weighted by Crippen LogP contribution is 2.17. The van der Waals surface area contributed by atoms with Crippen LogP contribution in [0.5, 0.6) is 0 Å². The lowest BCUT2D eigenvalue weighted by Crippen LogP contribution is -3.34. The second kappa shape index (κ2) is 12.0. The second-order valence-corrected chi connectivity index (χ2v) is 11.4. The minimum absolute atomic E-state index is 0.0438. The van der Waals surface area contributed by atoms with Crippen LogP contribution in [0.4, 0.5) is 0 Å². The van der Waals surface area contributed by atoms with Crippen molar-refractivity contribution < 1.29 is 27.0 Å². The molecule has 0 aliphatic heterocycles. The van der Waals surface area contributed by atoms with Crippen molar-refractivity contribution in [2.24, 2.45) is 0 Å². The number of fused-ring (bicyclic) bond motifs is 2. The van der Waals surface area contributed by atoms with E-state index < -0.39 is 6.15 Å². The second-order valence-electron chi connectivity index (χ2n) is 10.1. The van der Waals surface area contributed by atoms with Gasteiger partial charge in [-0.1, -0.05) is 133 Å². The van der Waals surface area contributed by atoms with Gasteiger partial charge in [-0.05, 0) is 24.3 Å². The van der Waals surface area contributed by atoms with Crippen molar-refractivity contribution in [3.05, 3.63) is 178 Å². The van der Waals surface area contributed by atoms with E-state index in [1.54, 1.807) is 6.07 Å². The third-order valence-corrected chi connectivity index (χ3v) is 8.47. The fourth-order valence-electron chi connectivity index (χ4n) is 5.90. The topological polar surface area (TPSA) is 30.2 Å². The molecule has 0 N–H and O–H groups in total. The molecule has 0 spiro atoms. The molecule has 2 nitrogen and oxygen atoms in total. The Kier molecular flexibility index (Phi) is 7.83. The van der Waals surface area contributed by atoms with Gasteiger partial charge in [0.15, 0.2) is 3.57 Å². The first kappa shape index (κ1) is 26.8. The molecule has 1 heterocycles. The number of hydrogen-bond acceptors (Lipinski definition) is 2. The third kappa shape index (κ3) is 5.23. The average Bonchev–Trinajstić information content (AvgIpc) is 3.04. The smallest absolute Gasteiger partial charge is 0.296 e. The van der Waals surface area contributed by atoms with E-state index in [1.165, 1.54) is 21.9 Å². The zero-order valence-electron chi connectivity index (χ0n) is 22.4. The van der Waals surface area contributed by atoms with Crippen LogP contribution in [-0.4, -0.2) is 6.15 Å². The molecule has 41 heavy (non-hydrogen) atoms. The van der Waals surface area contributed by atoms with E-state index in [9.17, 15) is 4.79 Å². The molecule has 0 saturated heterocycles. The minimum atomic E-state index is -1.22. The Morgan fingerprint density at radius 1 is 0.439 bits per heavy atom. The number of hydrogen-bond donors (Lipinski definition) is 0. The van der Waals surface area contributed by atoms with Crippen LogP contribution in [0.15, 0.2) is 173 Å². The van der Waals surface area contributed by atoms with Crippen molar-refractivity contribution in [1.82, 2.24) is 0 Å². The predicted octanol–water partition coefficient (Wildman–Crippen LogP) is 2.47. The van der Waals surface area contributed by atoms with Gasteiger partial charge in [0, 0.05) is 6.07 Å². The highest BCUT2D eigenvalue weighted by Gasteiger charge is 2.31. The van der Waals surface area contributed by atoms with Crippen LogP contribution in [-0.2, 0) is 0 Å². The molecule has 4 heteroatoms. The monoisotopic (exact) mass is 642 g/mol. The van der Waals surface area contributed by atoms with Crippen LogP contribution in [0.3, 0.4) is 0 Å². The largest absolute Gasteiger partial charge is 0.456 e. The predicted molar refractivity (Wildman–Crippen MR) is 170 cm³/mol. The van der Waals surface area contributed by atoms with E-state index in [-0.39, 0.29) is 5.43 Å². The zero-order chi connectivity index (χ0) is 28.1. The van der Waals surface area contributed by atoms with E-state index in [0.29, 0.717) is 21.9 Å². The highest BCUT2D eigenvalue weighted by atomic mass is 127. The van der Waals surface area contributed by atoms with Crippen molar-refractivity contribution >= 4 is 49.9 Å². The molecular formula is C37H28BIO2. The van der Waals surface area contributed by atoms with Crippen molar-refractivity contribution in [2.75, 3.05) is 0 Å². The van der Waals surface area contributed by atoms with Crippen LogP contribution in [0.2, 0.25) is 0 Å². The number of rotatable bonds is 4. The van der Waals surface area contributed by atoms with Gasteiger partial charge in [-0.15, -0.1) is 0 Å². The molecule has 0 amide bonds. The van der Waals surface area contributed by atoms with Crippen LogP contribution < -0.4 is 49.9 Å². The maximum Gasteiger partial charge on any atom is 0.296 e. The summed E-state index contributed by atoms with van der Waals surface area (Å²) in [5, 5.41) is 1.29. The quantitative estimate of drug-likeness (QED) is 0.168. The third-order valence-electron chi connectivity index (χ3n) is 7.75. The van der Waals surface area contributed by atoms with Gasteiger partial charge in [-0.25, -0.2) is 0 Å². The summed E-state index contributed by atoms with van der Waals surface area (Å²) >= 11 is 1.89. The van der Waals surface area contributed by atoms with Crippen LogP contribution in [0, 0.1) is 3.57 Å². The first-order valence-electron chi connectivity index (χ1n) is 13.7. The van der Waals surface area contributed by atoms with Gasteiger partial charge in [0.25, 0.3) is 22.6 Å². The van der Waals surface area contributed by atoms with E-state index in [1.807, 2.05) is 59.0 Å². The van der Waals surface area contributed by atoms with E-state index in [4.69, 9.17) is 4.42 Å². The molecule has 7 rings (SSSR count). The molecule has 0 atom stereocenters.